The zero-order chi connectivity index (χ0) is 11.3. The maximum atomic E-state index is 13.1. The standard InChI is InChI=1S/C13H16FNO/c1-8-5-13(6-8)7-11(15)10-4-9(14)2-3-12(10)16-13/h2-4,8,11H,5-7,15H2,1H3/t8?,11-,13?/m0/s1. The number of nitrogens with two attached hydrogens (primary N) is 1. The van der Waals surface area contributed by atoms with Crippen LogP contribution in [0.25, 0.3) is 0 Å². The lowest BCUT2D eigenvalue weighted by atomic mass is 9.67. The Balaban J connectivity index is 1.94. The zero-order valence-corrected chi connectivity index (χ0v) is 9.37. The number of fused-ring (bicyclic) bond motifs is 1. The van der Waals surface area contributed by atoms with Gasteiger partial charge < -0.3 is 10.5 Å². The number of ether oxygens (including phenoxy) is 1. The van der Waals surface area contributed by atoms with E-state index >= 15 is 0 Å². The molecule has 3 heteroatoms. The third-order valence-corrected chi connectivity index (χ3v) is 3.73. The minimum Gasteiger partial charge on any atom is -0.487 e. The van der Waals surface area contributed by atoms with Crippen molar-refractivity contribution in [3.8, 4) is 5.75 Å². The Labute approximate surface area is 94.6 Å². The van der Waals surface area contributed by atoms with Crippen LogP contribution in [0.3, 0.4) is 0 Å². The summed E-state index contributed by atoms with van der Waals surface area (Å²) in [7, 11) is 0. The summed E-state index contributed by atoms with van der Waals surface area (Å²) in [6.07, 6.45) is 2.95. The largest absolute Gasteiger partial charge is 0.487 e. The zero-order valence-electron chi connectivity index (χ0n) is 9.37. The minimum absolute atomic E-state index is 0.0658. The van der Waals surface area contributed by atoms with Crippen LogP contribution in [-0.2, 0) is 0 Å². The molecule has 86 valence electrons. The lowest BCUT2D eigenvalue weighted by Gasteiger charge is -2.50. The highest BCUT2D eigenvalue weighted by atomic mass is 19.1. The van der Waals surface area contributed by atoms with Crippen molar-refractivity contribution in [1.82, 2.24) is 0 Å². The summed E-state index contributed by atoms with van der Waals surface area (Å²) in [5, 5.41) is 0. The van der Waals surface area contributed by atoms with E-state index in [9.17, 15) is 4.39 Å². The van der Waals surface area contributed by atoms with Gasteiger partial charge in [0, 0.05) is 18.0 Å². The molecular formula is C13H16FNO. The van der Waals surface area contributed by atoms with Crippen molar-refractivity contribution in [1.29, 1.82) is 0 Å². The number of hydrogen-bond donors (Lipinski definition) is 1. The molecule has 0 unspecified atom stereocenters. The molecule has 1 heterocycles. The molecule has 0 radical (unpaired) electrons. The van der Waals surface area contributed by atoms with Crippen molar-refractivity contribution in [2.24, 2.45) is 11.7 Å². The van der Waals surface area contributed by atoms with Gasteiger partial charge in [-0.1, -0.05) is 6.92 Å². The summed E-state index contributed by atoms with van der Waals surface area (Å²) >= 11 is 0. The van der Waals surface area contributed by atoms with Crippen LogP contribution in [0.4, 0.5) is 4.39 Å². The molecule has 1 aliphatic heterocycles. The van der Waals surface area contributed by atoms with Gasteiger partial charge in [-0.15, -0.1) is 0 Å². The molecule has 1 saturated carbocycles. The van der Waals surface area contributed by atoms with E-state index in [0.29, 0.717) is 5.92 Å². The molecule has 0 amide bonds. The van der Waals surface area contributed by atoms with Crippen LogP contribution in [0.5, 0.6) is 5.75 Å². The minimum atomic E-state index is -0.240. The normalized spacial score (nSPS) is 36.4. The van der Waals surface area contributed by atoms with Crippen LogP contribution in [0.2, 0.25) is 0 Å². The lowest BCUT2D eigenvalue weighted by molar-refractivity contribution is -0.0658. The van der Waals surface area contributed by atoms with Gasteiger partial charge in [0.1, 0.15) is 17.2 Å². The number of halogens is 1. The number of benzene rings is 1. The van der Waals surface area contributed by atoms with Crippen molar-refractivity contribution in [3.05, 3.63) is 29.6 Å². The van der Waals surface area contributed by atoms with E-state index in [0.717, 1.165) is 30.6 Å². The predicted molar refractivity (Wildman–Crippen MR) is 59.7 cm³/mol. The van der Waals surface area contributed by atoms with Crippen molar-refractivity contribution < 1.29 is 9.13 Å². The smallest absolute Gasteiger partial charge is 0.125 e. The van der Waals surface area contributed by atoms with Gasteiger partial charge in [0.2, 0.25) is 0 Å². The molecule has 0 saturated heterocycles. The van der Waals surface area contributed by atoms with Crippen molar-refractivity contribution in [3.63, 3.8) is 0 Å². The van der Waals surface area contributed by atoms with Crippen LogP contribution < -0.4 is 10.5 Å². The molecule has 0 aromatic heterocycles. The molecule has 1 aromatic carbocycles. The molecular weight excluding hydrogens is 205 g/mol. The lowest BCUT2D eigenvalue weighted by Crippen LogP contribution is -2.52. The second kappa shape index (κ2) is 3.20. The summed E-state index contributed by atoms with van der Waals surface area (Å²) in [6, 6.07) is 4.54. The highest BCUT2D eigenvalue weighted by molar-refractivity contribution is 5.39. The molecule has 16 heavy (non-hydrogen) atoms. The first kappa shape index (κ1) is 10.1. The fraction of sp³-hybridized carbons (Fsp3) is 0.538. The van der Waals surface area contributed by atoms with Gasteiger partial charge in [0.05, 0.1) is 0 Å². The van der Waals surface area contributed by atoms with Gasteiger partial charge >= 0.3 is 0 Å². The summed E-state index contributed by atoms with van der Waals surface area (Å²) in [5.74, 6) is 1.25. The summed E-state index contributed by atoms with van der Waals surface area (Å²) < 4.78 is 19.1. The van der Waals surface area contributed by atoms with E-state index in [1.165, 1.54) is 12.1 Å². The summed E-state index contributed by atoms with van der Waals surface area (Å²) in [6.45, 7) is 2.22. The average molecular weight is 221 g/mol. The molecule has 2 aliphatic rings. The molecule has 1 aromatic rings. The third kappa shape index (κ3) is 1.42. The SMILES string of the molecule is CC1CC2(C1)C[C@H](N)c1cc(F)ccc1O2. The summed E-state index contributed by atoms with van der Waals surface area (Å²) in [5.41, 5.74) is 6.84. The van der Waals surface area contributed by atoms with Crippen LogP contribution in [0.15, 0.2) is 18.2 Å². The molecule has 2 nitrogen and oxygen atoms in total. The quantitative estimate of drug-likeness (QED) is 0.731. The molecule has 0 bridgehead atoms. The van der Waals surface area contributed by atoms with E-state index in [2.05, 4.69) is 6.92 Å². The van der Waals surface area contributed by atoms with Gasteiger partial charge in [-0.25, -0.2) is 4.39 Å². The maximum absolute atomic E-state index is 13.1. The van der Waals surface area contributed by atoms with E-state index < -0.39 is 0 Å². The van der Waals surface area contributed by atoms with Gasteiger partial charge in [-0.2, -0.15) is 0 Å². The number of rotatable bonds is 0. The third-order valence-electron chi connectivity index (χ3n) is 3.73. The van der Waals surface area contributed by atoms with Gasteiger partial charge in [0.25, 0.3) is 0 Å². The topological polar surface area (TPSA) is 35.2 Å². The Morgan fingerprint density at radius 1 is 1.38 bits per heavy atom. The second-order valence-electron chi connectivity index (χ2n) is 5.29. The predicted octanol–water partition coefficient (Wildman–Crippen LogP) is 2.78. The van der Waals surface area contributed by atoms with Crippen molar-refractivity contribution in [2.75, 3.05) is 0 Å². The average Bonchev–Trinajstić information content (AvgIpc) is 2.17. The maximum Gasteiger partial charge on any atom is 0.125 e. The van der Waals surface area contributed by atoms with Gasteiger partial charge in [-0.05, 0) is 37.0 Å². The first-order valence-electron chi connectivity index (χ1n) is 5.82. The van der Waals surface area contributed by atoms with Crippen LogP contribution >= 0.6 is 0 Å². The molecule has 1 aliphatic carbocycles. The van der Waals surface area contributed by atoms with Gasteiger partial charge in [0.15, 0.2) is 0 Å². The Bertz CT molecular complexity index is 426. The first-order valence-corrected chi connectivity index (χ1v) is 5.82. The highest BCUT2D eigenvalue weighted by Crippen LogP contribution is 2.50. The second-order valence-corrected chi connectivity index (χ2v) is 5.29. The fourth-order valence-electron chi connectivity index (χ4n) is 3.15. The Morgan fingerprint density at radius 2 is 2.12 bits per heavy atom. The van der Waals surface area contributed by atoms with E-state index in [1.54, 1.807) is 6.07 Å². The van der Waals surface area contributed by atoms with E-state index in [-0.39, 0.29) is 17.5 Å². The van der Waals surface area contributed by atoms with Gasteiger partial charge in [-0.3, -0.25) is 0 Å². The Morgan fingerprint density at radius 3 is 2.81 bits per heavy atom. The van der Waals surface area contributed by atoms with E-state index in [1.807, 2.05) is 0 Å². The number of hydrogen-bond acceptors (Lipinski definition) is 2. The summed E-state index contributed by atoms with van der Waals surface area (Å²) in [4.78, 5) is 0. The first-order chi connectivity index (χ1) is 7.58. The molecule has 1 fully saturated rings. The molecule has 1 spiro atoms. The Hall–Kier alpha value is -1.09. The molecule has 3 rings (SSSR count). The molecule has 2 N–H and O–H groups in total. The van der Waals surface area contributed by atoms with Crippen LogP contribution in [0.1, 0.15) is 37.8 Å². The monoisotopic (exact) mass is 221 g/mol. The highest BCUT2D eigenvalue weighted by Gasteiger charge is 2.48. The fourth-order valence-corrected chi connectivity index (χ4v) is 3.15. The van der Waals surface area contributed by atoms with E-state index in [4.69, 9.17) is 10.5 Å². The Kier molecular flexibility index (Phi) is 2.02. The van der Waals surface area contributed by atoms with Crippen molar-refractivity contribution in [2.45, 2.75) is 37.8 Å². The van der Waals surface area contributed by atoms with Crippen LogP contribution in [0, 0.1) is 11.7 Å². The van der Waals surface area contributed by atoms with Crippen molar-refractivity contribution >= 4 is 0 Å². The molecule has 1 atom stereocenters. The van der Waals surface area contributed by atoms with Crippen LogP contribution in [-0.4, -0.2) is 5.60 Å².